The number of rotatable bonds is 3. The van der Waals surface area contributed by atoms with Gasteiger partial charge in [-0.2, -0.15) is 0 Å². The summed E-state index contributed by atoms with van der Waals surface area (Å²) in [6.07, 6.45) is 3.69. The smallest absolute Gasteiger partial charge is 0.0423 e. The fourth-order valence-corrected chi connectivity index (χ4v) is 2.20. The zero-order chi connectivity index (χ0) is 13.1. The molecule has 3 aromatic rings. The fourth-order valence-electron chi connectivity index (χ4n) is 2.08. The number of hydrogen-bond donors (Lipinski definition) is 1. The van der Waals surface area contributed by atoms with E-state index < -0.39 is 0 Å². The molecule has 1 heterocycles. The molecular weight excluding hydrogens is 256 g/mol. The molecule has 1 N–H and O–H groups in total. The Bertz CT molecular complexity index is 687. The molecule has 0 unspecified atom stereocenters. The number of hydrogen-bond acceptors (Lipinski definition) is 2. The minimum atomic E-state index is 0.764. The van der Waals surface area contributed by atoms with E-state index in [-0.39, 0.29) is 0 Å². The zero-order valence-corrected chi connectivity index (χ0v) is 11.1. The van der Waals surface area contributed by atoms with Crippen molar-refractivity contribution in [2.75, 3.05) is 5.32 Å². The van der Waals surface area contributed by atoms with Crippen molar-refractivity contribution in [2.24, 2.45) is 0 Å². The van der Waals surface area contributed by atoms with Crippen LogP contribution in [0.1, 0.15) is 5.56 Å². The normalized spacial score (nSPS) is 10.6. The van der Waals surface area contributed by atoms with Crippen LogP contribution in [0, 0.1) is 0 Å². The Labute approximate surface area is 117 Å². The number of fused-ring (bicyclic) bond motifs is 1. The molecule has 94 valence electrons. The Morgan fingerprint density at radius 3 is 2.68 bits per heavy atom. The molecule has 0 aliphatic carbocycles. The Balaban J connectivity index is 1.84. The molecule has 0 spiro atoms. The summed E-state index contributed by atoms with van der Waals surface area (Å²) in [4.78, 5) is 4.14. The standard InChI is InChI=1S/C16H13ClN2/c17-14-6-4-12(5-7-14)10-19-16-3-1-2-13-11-18-9-8-15(13)16/h1-9,11,19H,10H2. The highest BCUT2D eigenvalue weighted by molar-refractivity contribution is 6.30. The number of anilines is 1. The molecule has 0 aliphatic heterocycles. The minimum Gasteiger partial charge on any atom is -0.380 e. The predicted molar refractivity (Wildman–Crippen MR) is 80.5 cm³/mol. The summed E-state index contributed by atoms with van der Waals surface area (Å²) in [6, 6.07) is 16.1. The first-order valence-corrected chi connectivity index (χ1v) is 6.52. The van der Waals surface area contributed by atoms with Gasteiger partial charge in [0.2, 0.25) is 0 Å². The Kier molecular flexibility index (Phi) is 3.34. The summed E-state index contributed by atoms with van der Waals surface area (Å²) < 4.78 is 0. The molecule has 0 amide bonds. The van der Waals surface area contributed by atoms with Gasteiger partial charge in [0.05, 0.1) is 0 Å². The quantitative estimate of drug-likeness (QED) is 0.756. The first kappa shape index (κ1) is 12.0. The second-order valence-corrected chi connectivity index (χ2v) is 4.82. The number of pyridine rings is 1. The fraction of sp³-hybridized carbons (Fsp3) is 0.0625. The van der Waals surface area contributed by atoms with Crippen molar-refractivity contribution >= 4 is 28.1 Å². The van der Waals surface area contributed by atoms with Gasteiger partial charge in [-0.15, -0.1) is 0 Å². The number of aromatic nitrogens is 1. The molecule has 0 aliphatic rings. The van der Waals surface area contributed by atoms with Crippen molar-refractivity contribution < 1.29 is 0 Å². The molecule has 0 saturated heterocycles. The van der Waals surface area contributed by atoms with Crippen LogP contribution in [0.3, 0.4) is 0 Å². The molecule has 0 bridgehead atoms. The van der Waals surface area contributed by atoms with E-state index in [0.29, 0.717) is 0 Å². The summed E-state index contributed by atoms with van der Waals surface area (Å²) in [5.74, 6) is 0. The number of benzene rings is 2. The van der Waals surface area contributed by atoms with Crippen LogP contribution in [-0.2, 0) is 6.54 Å². The summed E-state index contributed by atoms with van der Waals surface area (Å²) in [7, 11) is 0. The van der Waals surface area contributed by atoms with Crippen LogP contribution >= 0.6 is 11.6 Å². The topological polar surface area (TPSA) is 24.9 Å². The van der Waals surface area contributed by atoms with Gasteiger partial charge in [0.1, 0.15) is 0 Å². The average molecular weight is 269 g/mol. The third-order valence-electron chi connectivity index (χ3n) is 3.08. The van der Waals surface area contributed by atoms with Crippen LogP contribution in [0.2, 0.25) is 5.02 Å². The third kappa shape index (κ3) is 2.69. The summed E-state index contributed by atoms with van der Waals surface area (Å²) in [5, 5.41) is 6.55. The first-order chi connectivity index (χ1) is 9.33. The van der Waals surface area contributed by atoms with Gasteiger partial charge in [-0.05, 0) is 29.8 Å². The Morgan fingerprint density at radius 2 is 1.84 bits per heavy atom. The lowest BCUT2D eigenvalue weighted by Gasteiger charge is -2.09. The van der Waals surface area contributed by atoms with E-state index in [0.717, 1.165) is 22.6 Å². The van der Waals surface area contributed by atoms with Crippen LogP contribution in [0.5, 0.6) is 0 Å². The molecule has 3 heteroatoms. The van der Waals surface area contributed by atoms with Gasteiger partial charge < -0.3 is 5.32 Å². The largest absolute Gasteiger partial charge is 0.380 e. The highest BCUT2D eigenvalue weighted by Gasteiger charge is 2.00. The SMILES string of the molecule is Clc1ccc(CNc2cccc3cnccc23)cc1. The van der Waals surface area contributed by atoms with Crippen LogP contribution in [-0.4, -0.2) is 4.98 Å². The van der Waals surface area contributed by atoms with E-state index in [9.17, 15) is 0 Å². The maximum absolute atomic E-state index is 5.88. The molecule has 2 nitrogen and oxygen atoms in total. The van der Waals surface area contributed by atoms with Crippen LogP contribution in [0.15, 0.2) is 60.9 Å². The molecule has 1 aromatic heterocycles. The molecule has 2 aromatic carbocycles. The molecule has 19 heavy (non-hydrogen) atoms. The maximum Gasteiger partial charge on any atom is 0.0423 e. The first-order valence-electron chi connectivity index (χ1n) is 6.14. The van der Waals surface area contributed by atoms with E-state index in [4.69, 9.17) is 11.6 Å². The van der Waals surface area contributed by atoms with Gasteiger partial charge in [0, 0.05) is 40.4 Å². The minimum absolute atomic E-state index is 0.764. The predicted octanol–water partition coefficient (Wildman–Crippen LogP) is 4.50. The number of halogens is 1. The third-order valence-corrected chi connectivity index (χ3v) is 3.33. The maximum atomic E-state index is 5.88. The van der Waals surface area contributed by atoms with Crippen LogP contribution in [0.25, 0.3) is 10.8 Å². The van der Waals surface area contributed by atoms with Gasteiger partial charge in [-0.3, -0.25) is 4.98 Å². The Morgan fingerprint density at radius 1 is 1.00 bits per heavy atom. The van der Waals surface area contributed by atoms with Crippen molar-refractivity contribution in [1.29, 1.82) is 0 Å². The van der Waals surface area contributed by atoms with E-state index in [1.807, 2.05) is 48.8 Å². The lowest BCUT2D eigenvalue weighted by Crippen LogP contribution is -1.99. The highest BCUT2D eigenvalue weighted by atomic mass is 35.5. The van der Waals surface area contributed by atoms with Gasteiger partial charge in [0.15, 0.2) is 0 Å². The second-order valence-electron chi connectivity index (χ2n) is 4.38. The summed E-state index contributed by atoms with van der Waals surface area (Å²) in [6.45, 7) is 0.776. The second kappa shape index (κ2) is 5.29. The van der Waals surface area contributed by atoms with Gasteiger partial charge in [0.25, 0.3) is 0 Å². The monoisotopic (exact) mass is 268 g/mol. The van der Waals surface area contributed by atoms with E-state index >= 15 is 0 Å². The van der Waals surface area contributed by atoms with Gasteiger partial charge in [-0.1, -0.05) is 35.9 Å². The van der Waals surface area contributed by atoms with Gasteiger partial charge in [-0.25, -0.2) is 0 Å². The van der Waals surface area contributed by atoms with Crippen molar-refractivity contribution in [3.63, 3.8) is 0 Å². The zero-order valence-electron chi connectivity index (χ0n) is 10.3. The van der Waals surface area contributed by atoms with Crippen LogP contribution < -0.4 is 5.32 Å². The van der Waals surface area contributed by atoms with E-state index in [2.05, 4.69) is 22.4 Å². The molecule has 3 rings (SSSR count). The molecule has 0 fully saturated rings. The molecular formula is C16H13ClN2. The van der Waals surface area contributed by atoms with Gasteiger partial charge >= 0.3 is 0 Å². The molecule has 0 atom stereocenters. The number of nitrogens with zero attached hydrogens (tertiary/aromatic N) is 1. The molecule has 0 radical (unpaired) electrons. The number of nitrogens with one attached hydrogen (secondary N) is 1. The van der Waals surface area contributed by atoms with Crippen molar-refractivity contribution in [1.82, 2.24) is 4.98 Å². The van der Waals surface area contributed by atoms with Crippen molar-refractivity contribution in [3.8, 4) is 0 Å². The lowest BCUT2D eigenvalue weighted by molar-refractivity contribution is 1.15. The molecule has 0 saturated carbocycles. The van der Waals surface area contributed by atoms with Crippen LogP contribution in [0.4, 0.5) is 5.69 Å². The summed E-state index contributed by atoms with van der Waals surface area (Å²) in [5.41, 5.74) is 2.32. The Hall–Kier alpha value is -2.06. The van der Waals surface area contributed by atoms with E-state index in [1.54, 1.807) is 0 Å². The highest BCUT2D eigenvalue weighted by Crippen LogP contribution is 2.22. The summed E-state index contributed by atoms with van der Waals surface area (Å²) >= 11 is 5.88. The lowest BCUT2D eigenvalue weighted by atomic mass is 10.1. The van der Waals surface area contributed by atoms with Crippen molar-refractivity contribution in [2.45, 2.75) is 6.54 Å². The van der Waals surface area contributed by atoms with Crippen molar-refractivity contribution in [3.05, 3.63) is 71.5 Å². The van der Waals surface area contributed by atoms with E-state index in [1.165, 1.54) is 10.9 Å². The average Bonchev–Trinajstić information content (AvgIpc) is 2.47.